The normalized spacial score (nSPS) is 18.4. The number of nitrogens with two attached hydrogens (primary N) is 1. The van der Waals surface area contributed by atoms with Gasteiger partial charge in [-0.1, -0.05) is 42.5 Å². The summed E-state index contributed by atoms with van der Waals surface area (Å²) in [5.74, 6) is 0.531. The molecule has 1 fully saturated rings. The second kappa shape index (κ2) is 6.90. The van der Waals surface area contributed by atoms with Gasteiger partial charge in [0.25, 0.3) is 0 Å². The average Bonchev–Trinajstić information content (AvgIpc) is 3.33. The van der Waals surface area contributed by atoms with Crippen molar-refractivity contribution in [2.24, 2.45) is 5.73 Å². The first-order chi connectivity index (χ1) is 15.1. The highest BCUT2D eigenvalue weighted by molar-refractivity contribution is 5.92. The molecule has 0 radical (unpaired) electrons. The van der Waals surface area contributed by atoms with Gasteiger partial charge in [-0.15, -0.1) is 0 Å². The molecule has 2 heterocycles. The molecule has 1 aromatic heterocycles. The van der Waals surface area contributed by atoms with E-state index in [2.05, 4.69) is 46.1 Å². The van der Waals surface area contributed by atoms with Gasteiger partial charge in [-0.05, 0) is 35.4 Å². The Labute approximate surface area is 180 Å². The molecular weight excluding hydrogens is 389 g/mol. The van der Waals surface area contributed by atoms with Crippen LogP contribution in [-0.4, -0.2) is 48.1 Å². The van der Waals surface area contributed by atoms with Gasteiger partial charge in [-0.3, -0.25) is 0 Å². The van der Waals surface area contributed by atoms with Crippen molar-refractivity contribution < 1.29 is 4.39 Å². The molecule has 0 spiro atoms. The van der Waals surface area contributed by atoms with Crippen LogP contribution >= 0.6 is 0 Å². The number of aromatic amines is 1. The van der Waals surface area contributed by atoms with E-state index in [4.69, 9.17) is 10.7 Å². The number of aromatic nitrogens is 2. The Kier molecular flexibility index (Phi) is 4.13. The number of imidazole rings is 1. The van der Waals surface area contributed by atoms with E-state index in [1.807, 2.05) is 24.3 Å². The second-order valence-electron chi connectivity index (χ2n) is 8.53. The lowest BCUT2D eigenvalue weighted by Gasteiger charge is -2.34. The minimum atomic E-state index is -0.210. The van der Waals surface area contributed by atoms with Crippen molar-refractivity contribution in [3.05, 3.63) is 71.5 Å². The third-order valence-electron chi connectivity index (χ3n) is 6.65. The van der Waals surface area contributed by atoms with Gasteiger partial charge in [0.1, 0.15) is 11.6 Å². The molecule has 6 rings (SSSR count). The lowest BCUT2D eigenvalue weighted by atomic mass is 9.99. The van der Waals surface area contributed by atoms with E-state index in [9.17, 15) is 4.39 Å². The lowest BCUT2D eigenvalue weighted by molar-refractivity contribution is 0.312. The fraction of sp³-hybridized carbons (Fsp3) is 0.240. The Hall–Kier alpha value is -3.22. The van der Waals surface area contributed by atoms with Crippen LogP contribution in [-0.2, 0) is 0 Å². The maximum Gasteiger partial charge on any atom is 0.148 e. The van der Waals surface area contributed by atoms with Gasteiger partial charge in [0.05, 0.1) is 22.8 Å². The molecule has 3 N–H and O–H groups in total. The number of hydrogen-bond donors (Lipinski definition) is 2. The van der Waals surface area contributed by atoms with E-state index in [1.54, 1.807) is 6.07 Å². The number of halogens is 1. The number of hydrogen-bond acceptors (Lipinski definition) is 4. The van der Waals surface area contributed by atoms with Crippen LogP contribution in [0.15, 0.2) is 54.6 Å². The molecule has 6 heteroatoms. The number of rotatable bonds is 2. The van der Waals surface area contributed by atoms with Crippen LogP contribution in [0.3, 0.4) is 0 Å². The predicted octanol–water partition coefficient (Wildman–Crippen LogP) is 4.15. The number of nitrogens with one attached hydrogen (secondary N) is 1. The van der Waals surface area contributed by atoms with Crippen LogP contribution in [0.5, 0.6) is 0 Å². The third-order valence-corrected chi connectivity index (χ3v) is 6.65. The van der Waals surface area contributed by atoms with Crippen molar-refractivity contribution in [1.82, 2.24) is 14.9 Å². The summed E-state index contributed by atoms with van der Waals surface area (Å²) in [6.07, 6.45) is 0. The van der Waals surface area contributed by atoms with Crippen LogP contribution in [0.1, 0.15) is 17.2 Å². The largest absolute Gasteiger partial charge is 0.367 e. The van der Waals surface area contributed by atoms with Gasteiger partial charge in [0.2, 0.25) is 0 Å². The zero-order valence-corrected chi connectivity index (χ0v) is 17.4. The summed E-state index contributed by atoms with van der Waals surface area (Å²) in [6.45, 7) is 3.49. The fourth-order valence-corrected chi connectivity index (χ4v) is 4.93. The van der Waals surface area contributed by atoms with Crippen LogP contribution in [0, 0.1) is 5.82 Å². The molecule has 2 aliphatic rings. The van der Waals surface area contributed by atoms with Gasteiger partial charge < -0.3 is 20.5 Å². The first-order valence-electron chi connectivity index (χ1n) is 10.7. The van der Waals surface area contributed by atoms with Crippen molar-refractivity contribution in [2.45, 2.75) is 6.04 Å². The van der Waals surface area contributed by atoms with Crippen molar-refractivity contribution in [2.75, 3.05) is 38.1 Å². The number of benzene rings is 3. The summed E-state index contributed by atoms with van der Waals surface area (Å²) in [5.41, 5.74) is 14.1. The summed E-state index contributed by atoms with van der Waals surface area (Å²) >= 11 is 0. The van der Waals surface area contributed by atoms with Gasteiger partial charge in [-0.2, -0.15) is 0 Å². The number of anilines is 1. The smallest absolute Gasteiger partial charge is 0.148 e. The van der Waals surface area contributed by atoms with E-state index >= 15 is 0 Å². The van der Waals surface area contributed by atoms with Crippen LogP contribution in [0.4, 0.5) is 10.1 Å². The summed E-state index contributed by atoms with van der Waals surface area (Å²) in [5, 5.41) is 0. The van der Waals surface area contributed by atoms with Crippen molar-refractivity contribution >= 4 is 16.7 Å². The highest BCUT2D eigenvalue weighted by Gasteiger charge is 2.29. The zero-order chi connectivity index (χ0) is 21.1. The number of piperazine rings is 1. The Morgan fingerprint density at radius 3 is 2.55 bits per heavy atom. The van der Waals surface area contributed by atoms with E-state index in [0.717, 1.165) is 65.3 Å². The van der Waals surface area contributed by atoms with Crippen molar-refractivity contribution in [3.8, 4) is 22.5 Å². The quantitative estimate of drug-likeness (QED) is 0.518. The van der Waals surface area contributed by atoms with E-state index in [0.29, 0.717) is 11.2 Å². The highest BCUT2D eigenvalue weighted by Crippen LogP contribution is 2.46. The van der Waals surface area contributed by atoms with E-state index < -0.39 is 0 Å². The average molecular weight is 414 g/mol. The molecule has 1 atom stereocenters. The number of likely N-dealkylation sites (N-methyl/N-ethyl adjacent to an activating group) is 1. The van der Waals surface area contributed by atoms with Crippen molar-refractivity contribution in [1.29, 1.82) is 0 Å². The summed E-state index contributed by atoms with van der Waals surface area (Å²) < 4.78 is 15.0. The standard InChI is InChI=1S/C25H24FN5/c1-30-9-11-31(12-10-30)22-14-21-20(13-19(22)26)28-25(29-21)18-8-4-7-17-23(18)15-5-2-3-6-16(15)24(17)27/h2-8,13-14,24H,9-12,27H2,1H3,(H,28,29). The summed E-state index contributed by atoms with van der Waals surface area (Å²) in [6, 6.07) is 17.7. The molecule has 3 aromatic carbocycles. The molecule has 31 heavy (non-hydrogen) atoms. The minimum absolute atomic E-state index is 0.142. The molecule has 1 aliphatic carbocycles. The Morgan fingerprint density at radius 2 is 1.71 bits per heavy atom. The van der Waals surface area contributed by atoms with Crippen LogP contribution < -0.4 is 10.6 Å². The fourth-order valence-electron chi connectivity index (χ4n) is 4.93. The molecule has 0 saturated carbocycles. The minimum Gasteiger partial charge on any atom is -0.367 e. The van der Waals surface area contributed by atoms with Gasteiger partial charge >= 0.3 is 0 Å². The highest BCUT2D eigenvalue weighted by atomic mass is 19.1. The molecule has 0 amide bonds. The number of nitrogens with zero attached hydrogens (tertiary/aromatic N) is 3. The monoisotopic (exact) mass is 413 g/mol. The third kappa shape index (κ3) is 2.86. The molecule has 1 aliphatic heterocycles. The first kappa shape index (κ1) is 18.5. The van der Waals surface area contributed by atoms with E-state index in [-0.39, 0.29) is 11.9 Å². The summed E-state index contributed by atoms with van der Waals surface area (Å²) in [4.78, 5) is 12.6. The Bertz CT molecular complexity index is 1300. The maximum absolute atomic E-state index is 15.0. The zero-order valence-electron chi connectivity index (χ0n) is 17.4. The first-order valence-corrected chi connectivity index (χ1v) is 10.7. The molecule has 4 aromatic rings. The van der Waals surface area contributed by atoms with E-state index in [1.165, 1.54) is 0 Å². The number of H-pyrrole nitrogens is 1. The Balaban J connectivity index is 1.46. The van der Waals surface area contributed by atoms with Gasteiger partial charge in [-0.25, -0.2) is 9.37 Å². The van der Waals surface area contributed by atoms with Gasteiger partial charge in [0, 0.05) is 37.8 Å². The molecule has 5 nitrogen and oxygen atoms in total. The molecular formula is C25H24FN5. The second-order valence-corrected chi connectivity index (χ2v) is 8.53. The number of fused-ring (bicyclic) bond motifs is 4. The molecule has 0 bridgehead atoms. The SMILES string of the molecule is CN1CCN(c2cc3nc(-c4cccc5c4-c4ccccc4C5N)[nH]c3cc2F)CC1. The topological polar surface area (TPSA) is 61.2 Å². The maximum atomic E-state index is 15.0. The molecule has 1 saturated heterocycles. The van der Waals surface area contributed by atoms with Crippen LogP contribution in [0.25, 0.3) is 33.5 Å². The molecule has 156 valence electrons. The predicted molar refractivity (Wildman–Crippen MR) is 123 cm³/mol. The lowest BCUT2D eigenvalue weighted by Crippen LogP contribution is -2.44. The Morgan fingerprint density at radius 1 is 0.968 bits per heavy atom. The summed E-state index contributed by atoms with van der Waals surface area (Å²) in [7, 11) is 2.10. The molecule has 1 unspecified atom stereocenters. The van der Waals surface area contributed by atoms with Gasteiger partial charge in [0.15, 0.2) is 0 Å². The van der Waals surface area contributed by atoms with Crippen molar-refractivity contribution in [3.63, 3.8) is 0 Å². The van der Waals surface area contributed by atoms with Crippen LogP contribution in [0.2, 0.25) is 0 Å².